The van der Waals surface area contributed by atoms with Gasteiger partial charge in [0.15, 0.2) is 0 Å². The number of likely N-dealkylation sites (tertiary alicyclic amines) is 1. The number of halogens is 3. The van der Waals surface area contributed by atoms with Gasteiger partial charge in [-0.05, 0) is 43.2 Å². The number of carbonyl (C=O) groups is 2. The Morgan fingerprint density at radius 2 is 1.52 bits per heavy atom. The summed E-state index contributed by atoms with van der Waals surface area (Å²) in [6.07, 6.45) is 1.95. The zero-order valence-electron chi connectivity index (χ0n) is 14.2. The van der Waals surface area contributed by atoms with Crippen LogP contribution in [0.1, 0.15) is 18.4 Å². The number of imide groups is 1. The van der Waals surface area contributed by atoms with Gasteiger partial charge >= 0.3 is 0 Å². The lowest BCUT2D eigenvalue weighted by atomic mass is 10.0. The number of anilines is 1. The quantitative estimate of drug-likeness (QED) is 0.653. The molecule has 2 heterocycles. The maximum atomic E-state index is 13.3. The Kier molecular flexibility index (Phi) is 4.89. The minimum atomic E-state index is -0.409. The largest absolute Gasteiger partial charge is 0.366 e. The van der Waals surface area contributed by atoms with E-state index in [2.05, 4.69) is 0 Å². The van der Waals surface area contributed by atoms with Crippen LogP contribution < -0.4 is 4.90 Å². The van der Waals surface area contributed by atoms with Crippen LogP contribution in [0.3, 0.4) is 0 Å². The van der Waals surface area contributed by atoms with Crippen molar-refractivity contribution in [3.8, 4) is 0 Å². The molecule has 2 amide bonds. The third-order valence-corrected chi connectivity index (χ3v) is 5.53. The molecular weight excluding hydrogens is 407 g/mol. The van der Waals surface area contributed by atoms with E-state index in [-0.39, 0.29) is 5.91 Å². The van der Waals surface area contributed by atoms with Crippen molar-refractivity contribution in [1.82, 2.24) is 4.90 Å². The molecule has 0 unspecified atom stereocenters. The Morgan fingerprint density at radius 3 is 2.19 bits per heavy atom. The van der Waals surface area contributed by atoms with Gasteiger partial charge in [0, 0.05) is 28.7 Å². The van der Waals surface area contributed by atoms with Crippen LogP contribution in [0.4, 0.5) is 5.69 Å². The van der Waals surface area contributed by atoms with Gasteiger partial charge in [0.2, 0.25) is 0 Å². The topological polar surface area (TPSA) is 40.6 Å². The van der Waals surface area contributed by atoms with Gasteiger partial charge in [-0.25, -0.2) is 4.90 Å². The second kappa shape index (κ2) is 7.19. The number of carbonyl (C=O) groups excluding carboxylic acids is 2. The first kappa shape index (κ1) is 18.4. The second-order valence-corrected chi connectivity index (χ2v) is 7.75. The van der Waals surface area contributed by atoms with Gasteiger partial charge < -0.3 is 4.90 Å². The van der Waals surface area contributed by atoms with Crippen LogP contribution in [0, 0.1) is 0 Å². The molecule has 0 spiro atoms. The predicted octanol–water partition coefficient (Wildman–Crippen LogP) is 5.03. The lowest BCUT2D eigenvalue weighted by Gasteiger charge is -2.20. The van der Waals surface area contributed by atoms with Gasteiger partial charge in [0.1, 0.15) is 5.70 Å². The highest BCUT2D eigenvalue weighted by Gasteiger charge is 2.43. The van der Waals surface area contributed by atoms with E-state index in [9.17, 15) is 9.59 Å². The van der Waals surface area contributed by atoms with Crippen molar-refractivity contribution in [3.05, 3.63) is 68.8 Å². The molecule has 0 N–H and O–H groups in total. The normalized spacial score (nSPS) is 17.4. The molecule has 4 nitrogen and oxygen atoms in total. The monoisotopic (exact) mass is 420 g/mol. The van der Waals surface area contributed by atoms with E-state index < -0.39 is 5.91 Å². The highest BCUT2D eigenvalue weighted by atomic mass is 35.5. The molecule has 2 aromatic carbocycles. The number of hydrogen-bond acceptors (Lipinski definition) is 3. The number of amides is 2. The van der Waals surface area contributed by atoms with E-state index in [1.807, 2.05) is 4.90 Å². The van der Waals surface area contributed by atoms with Crippen LogP contribution in [-0.4, -0.2) is 29.8 Å². The molecule has 1 fully saturated rings. The Bertz CT molecular complexity index is 981. The van der Waals surface area contributed by atoms with Crippen LogP contribution in [0.25, 0.3) is 5.57 Å². The van der Waals surface area contributed by atoms with Crippen molar-refractivity contribution in [2.24, 2.45) is 0 Å². The highest BCUT2D eigenvalue weighted by Crippen LogP contribution is 2.39. The summed E-state index contributed by atoms with van der Waals surface area (Å²) in [6, 6.07) is 11.6. The fourth-order valence-electron chi connectivity index (χ4n) is 3.54. The molecule has 0 bridgehead atoms. The van der Waals surface area contributed by atoms with Crippen molar-refractivity contribution >= 4 is 57.9 Å². The number of hydrogen-bond donors (Lipinski definition) is 0. The van der Waals surface area contributed by atoms with Crippen molar-refractivity contribution in [2.45, 2.75) is 12.8 Å². The summed E-state index contributed by atoms with van der Waals surface area (Å²) in [7, 11) is 0. The molecule has 138 valence electrons. The van der Waals surface area contributed by atoms with Gasteiger partial charge in [-0.2, -0.15) is 0 Å². The van der Waals surface area contributed by atoms with Gasteiger partial charge in [-0.15, -0.1) is 0 Å². The smallest absolute Gasteiger partial charge is 0.282 e. The fourth-order valence-corrected chi connectivity index (χ4v) is 4.22. The van der Waals surface area contributed by atoms with Gasteiger partial charge in [0.05, 0.1) is 16.3 Å². The standard InChI is InChI=1S/C20H15Cl3N2O2/c21-12-4-3-5-14(10-12)25-19(26)17(15-7-6-13(22)11-16(15)23)18(20(25)27)24-8-1-2-9-24/h3-7,10-11H,1-2,8-9H2. The summed E-state index contributed by atoms with van der Waals surface area (Å²) in [5.74, 6) is -0.765. The predicted molar refractivity (Wildman–Crippen MR) is 108 cm³/mol. The first-order chi connectivity index (χ1) is 13.0. The summed E-state index contributed by atoms with van der Waals surface area (Å²) in [4.78, 5) is 29.7. The maximum Gasteiger partial charge on any atom is 0.282 e. The zero-order chi connectivity index (χ0) is 19.1. The fraction of sp³-hybridized carbons (Fsp3) is 0.200. The van der Waals surface area contributed by atoms with Crippen LogP contribution in [-0.2, 0) is 9.59 Å². The third-order valence-electron chi connectivity index (χ3n) is 4.75. The summed E-state index contributed by atoms with van der Waals surface area (Å²) < 4.78 is 0. The lowest BCUT2D eigenvalue weighted by Crippen LogP contribution is -2.34. The van der Waals surface area contributed by atoms with E-state index in [4.69, 9.17) is 34.8 Å². The van der Waals surface area contributed by atoms with Crippen molar-refractivity contribution < 1.29 is 9.59 Å². The maximum absolute atomic E-state index is 13.3. The average molecular weight is 422 g/mol. The molecule has 0 saturated carbocycles. The molecule has 0 aromatic heterocycles. The van der Waals surface area contributed by atoms with E-state index in [0.717, 1.165) is 25.9 Å². The van der Waals surface area contributed by atoms with Gasteiger partial charge in [0.25, 0.3) is 11.8 Å². The molecule has 2 aliphatic rings. The third kappa shape index (κ3) is 3.22. The van der Waals surface area contributed by atoms with Crippen molar-refractivity contribution in [3.63, 3.8) is 0 Å². The zero-order valence-corrected chi connectivity index (χ0v) is 16.5. The minimum absolute atomic E-state index is 0.309. The van der Waals surface area contributed by atoms with E-state index in [1.54, 1.807) is 42.5 Å². The Labute approximate surface area is 171 Å². The summed E-state index contributed by atoms with van der Waals surface area (Å²) in [5, 5.41) is 1.26. The molecule has 7 heteroatoms. The summed E-state index contributed by atoms with van der Waals surface area (Å²) in [6.45, 7) is 1.46. The first-order valence-electron chi connectivity index (χ1n) is 8.56. The Hall–Kier alpha value is -2.01. The SMILES string of the molecule is O=C1C(c2ccc(Cl)cc2Cl)=C(N2CCCC2)C(=O)N1c1cccc(Cl)c1. The molecule has 0 atom stereocenters. The second-order valence-electron chi connectivity index (χ2n) is 6.47. The molecule has 1 saturated heterocycles. The number of nitrogens with zero attached hydrogens (tertiary/aromatic N) is 2. The van der Waals surface area contributed by atoms with E-state index >= 15 is 0 Å². The number of benzene rings is 2. The van der Waals surface area contributed by atoms with Crippen LogP contribution >= 0.6 is 34.8 Å². The molecule has 27 heavy (non-hydrogen) atoms. The van der Waals surface area contributed by atoms with Gasteiger partial charge in [-0.3, -0.25) is 9.59 Å². The average Bonchev–Trinajstić information content (AvgIpc) is 3.22. The van der Waals surface area contributed by atoms with Gasteiger partial charge in [-0.1, -0.05) is 46.9 Å². The number of rotatable bonds is 3. The van der Waals surface area contributed by atoms with Crippen molar-refractivity contribution in [1.29, 1.82) is 0 Å². The first-order valence-corrected chi connectivity index (χ1v) is 9.70. The summed E-state index contributed by atoms with van der Waals surface area (Å²) >= 11 is 18.4. The minimum Gasteiger partial charge on any atom is -0.366 e. The van der Waals surface area contributed by atoms with E-state index in [0.29, 0.717) is 37.6 Å². The Balaban J connectivity index is 1.88. The van der Waals surface area contributed by atoms with Crippen LogP contribution in [0.15, 0.2) is 48.2 Å². The van der Waals surface area contributed by atoms with Crippen LogP contribution in [0.5, 0.6) is 0 Å². The van der Waals surface area contributed by atoms with Crippen LogP contribution in [0.2, 0.25) is 15.1 Å². The van der Waals surface area contributed by atoms with Crippen molar-refractivity contribution in [2.75, 3.05) is 18.0 Å². The Morgan fingerprint density at radius 1 is 0.815 bits per heavy atom. The molecule has 0 aliphatic carbocycles. The highest BCUT2D eigenvalue weighted by molar-refractivity contribution is 6.47. The molecule has 2 aliphatic heterocycles. The summed E-state index contributed by atoms with van der Waals surface area (Å²) in [5.41, 5.74) is 1.64. The molecular formula is C20H15Cl3N2O2. The lowest BCUT2D eigenvalue weighted by molar-refractivity contribution is -0.120. The molecule has 2 aromatic rings. The molecule has 4 rings (SSSR count). The molecule has 0 radical (unpaired) electrons. The van der Waals surface area contributed by atoms with E-state index in [1.165, 1.54) is 4.90 Å².